The number of ether oxygens (including phenoxy) is 1. The lowest BCUT2D eigenvalue weighted by molar-refractivity contribution is -0.123. The number of nitrogens with one attached hydrogen (secondary N) is 2. The van der Waals surface area contributed by atoms with E-state index in [1.165, 1.54) is 0 Å². The fourth-order valence-corrected chi connectivity index (χ4v) is 3.78. The van der Waals surface area contributed by atoms with Crippen molar-refractivity contribution < 1.29 is 9.53 Å². The third-order valence-corrected chi connectivity index (χ3v) is 5.26. The van der Waals surface area contributed by atoms with Crippen molar-refractivity contribution in [2.24, 2.45) is 0 Å². The molecule has 1 heterocycles. The average molecular weight is 403 g/mol. The molecule has 1 aliphatic heterocycles. The van der Waals surface area contributed by atoms with E-state index in [9.17, 15) is 4.79 Å². The monoisotopic (exact) mass is 402 g/mol. The van der Waals surface area contributed by atoms with Crippen LogP contribution < -0.4 is 15.4 Å². The Morgan fingerprint density at radius 2 is 1.88 bits per heavy atom. The van der Waals surface area contributed by atoms with Gasteiger partial charge in [0.1, 0.15) is 5.75 Å². The molecule has 132 valence electrons. The first kappa shape index (κ1) is 18.0. The first-order valence-corrected chi connectivity index (χ1v) is 9.38. The van der Waals surface area contributed by atoms with Gasteiger partial charge in [0.15, 0.2) is 0 Å². The van der Waals surface area contributed by atoms with Gasteiger partial charge in [-0.15, -0.1) is 0 Å². The van der Waals surface area contributed by atoms with Gasteiger partial charge < -0.3 is 10.1 Å². The Morgan fingerprint density at radius 1 is 1.16 bits per heavy atom. The van der Waals surface area contributed by atoms with E-state index in [0.29, 0.717) is 6.61 Å². The summed E-state index contributed by atoms with van der Waals surface area (Å²) in [4.78, 5) is 12.6. The minimum absolute atomic E-state index is 0.000433. The summed E-state index contributed by atoms with van der Waals surface area (Å²) in [7, 11) is 0. The van der Waals surface area contributed by atoms with Gasteiger partial charge in [-0.1, -0.05) is 52.3 Å². The van der Waals surface area contributed by atoms with Crippen LogP contribution >= 0.6 is 15.9 Å². The van der Waals surface area contributed by atoms with E-state index < -0.39 is 0 Å². The van der Waals surface area contributed by atoms with Gasteiger partial charge in [0, 0.05) is 22.5 Å². The molecule has 0 radical (unpaired) electrons. The SMILES string of the molecule is CC(NC(C)c1ccccc1Br)C(=O)NC1CCOc2ccccc21. The van der Waals surface area contributed by atoms with E-state index >= 15 is 0 Å². The van der Waals surface area contributed by atoms with Crippen molar-refractivity contribution in [3.05, 3.63) is 64.1 Å². The number of amides is 1. The Balaban J connectivity index is 1.63. The summed E-state index contributed by atoms with van der Waals surface area (Å²) >= 11 is 3.57. The van der Waals surface area contributed by atoms with E-state index in [1.54, 1.807) is 0 Å². The van der Waals surface area contributed by atoms with Crippen molar-refractivity contribution >= 4 is 21.8 Å². The highest BCUT2D eigenvalue weighted by Gasteiger charge is 2.25. The Hall–Kier alpha value is -1.85. The van der Waals surface area contributed by atoms with Crippen molar-refractivity contribution in [3.63, 3.8) is 0 Å². The van der Waals surface area contributed by atoms with E-state index in [-0.39, 0.29) is 24.0 Å². The molecule has 0 aliphatic carbocycles. The van der Waals surface area contributed by atoms with Gasteiger partial charge in [-0.3, -0.25) is 10.1 Å². The number of carbonyl (C=O) groups is 1. The number of halogens is 1. The molecular weight excluding hydrogens is 380 g/mol. The lowest BCUT2D eigenvalue weighted by Gasteiger charge is -2.28. The van der Waals surface area contributed by atoms with E-state index in [4.69, 9.17) is 4.74 Å². The molecule has 25 heavy (non-hydrogen) atoms. The van der Waals surface area contributed by atoms with Crippen LogP contribution in [0.3, 0.4) is 0 Å². The zero-order valence-electron chi connectivity index (χ0n) is 14.5. The maximum absolute atomic E-state index is 12.6. The number of para-hydroxylation sites is 1. The number of fused-ring (bicyclic) bond motifs is 1. The van der Waals surface area contributed by atoms with Crippen LogP contribution in [0.5, 0.6) is 5.75 Å². The van der Waals surface area contributed by atoms with E-state index in [2.05, 4.69) is 39.6 Å². The van der Waals surface area contributed by atoms with Gasteiger partial charge in [-0.2, -0.15) is 0 Å². The van der Waals surface area contributed by atoms with Crippen LogP contribution in [0.2, 0.25) is 0 Å². The van der Waals surface area contributed by atoms with Crippen LogP contribution in [0.4, 0.5) is 0 Å². The van der Waals surface area contributed by atoms with Gasteiger partial charge in [-0.05, 0) is 31.5 Å². The zero-order valence-corrected chi connectivity index (χ0v) is 16.0. The predicted octanol–water partition coefficient (Wildman–Crippen LogP) is 4.13. The molecule has 0 bridgehead atoms. The average Bonchev–Trinajstić information content (AvgIpc) is 2.62. The summed E-state index contributed by atoms with van der Waals surface area (Å²) < 4.78 is 6.70. The minimum Gasteiger partial charge on any atom is -0.493 e. The smallest absolute Gasteiger partial charge is 0.237 e. The lowest BCUT2D eigenvalue weighted by atomic mass is 10.00. The predicted molar refractivity (Wildman–Crippen MR) is 103 cm³/mol. The second kappa shape index (κ2) is 8.02. The highest BCUT2D eigenvalue weighted by atomic mass is 79.9. The zero-order chi connectivity index (χ0) is 17.8. The summed E-state index contributed by atoms with van der Waals surface area (Å²) in [5.74, 6) is 0.863. The van der Waals surface area contributed by atoms with Gasteiger partial charge in [0.05, 0.1) is 18.7 Å². The molecule has 2 aromatic carbocycles. The Labute approximate surface area is 157 Å². The normalized spacial score (nSPS) is 18.6. The molecule has 2 N–H and O–H groups in total. The first-order chi connectivity index (χ1) is 12.1. The van der Waals surface area contributed by atoms with Crippen molar-refractivity contribution in [1.29, 1.82) is 0 Å². The molecule has 1 aliphatic rings. The maximum Gasteiger partial charge on any atom is 0.237 e. The number of hydrogen-bond donors (Lipinski definition) is 2. The molecule has 3 atom stereocenters. The maximum atomic E-state index is 12.6. The Morgan fingerprint density at radius 3 is 2.68 bits per heavy atom. The van der Waals surface area contributed by atoms with Crippen LogP contribution in [0.25, 0.3) is 0 Å². The summed E-state index contributed by atoms with van der Waals surface area (Å²) in [6.07, 6.45) is 0.787. The van der Waals surface area contributed by atoms with Crippen LogP contribution in [0.1, 0.15) is 43.5 Å². The van der Waals surface area contributed by atoms with Crippen LogP contribution in [0.15, 0.2) is 53.0 Å². The van der Waals surface area contributed by atoms with Crippen molar-refractivity contribution in [1.82, 2.24) is 10.6 Å². The van der Waals surface area contributed by atoms with Gasteiger partial charge in [0.2, 0.25) is 5.91 Å². The van der Waals surface area contributed by atoms with Crippen LogP contribution in [0, 0.1) is 0 Å². The molecule has 3 unspecified atom stereocenters. The standard InChI is InChI=1S/C20H23BrN2O2/c1-13(15-7-3-5-9-17(15)21)22-14(2)20(24)23-18-11-12-25-19-10-6-4-8-16(18)19/h3-10,13-14,18,22H,11-12H2,1-2H3,(H,23,24). The molecular formula is C20H23BrN2O2. The number of carbonyl (C=O) groups excluding carboxylic acids is 1. The van der Waals surface area contributed by atoms with Crippen LogP contribution in [-0.4, -0.2) is 18.6 Å². The summed E-state index contributed by atoms with van der Waals surface area (Å²) in [6, 6.07) is 15.7. The van der Waals surface area contributed by atoms with E-state index in [1.807, 2.05) is 49.4 Å². The van der Waals surface area contributed by atoms with Gasteiger partial charge >= 0.3 is 0 Å². The Kier molecular flexibility index (Phi) is 5.76. The van der Waals surface area contributed by atoms with Crippen LogP contribution in [-0.2, 0) is 4.79 Å². The second-order valence-electron chi connectivity index (χ2n) is 6.37. The van der Waals surface area contributed by atoms with Gasteiger partial charge in [0.25, 0.3) is 0 Å². The molecule has 5 heteroatoms. The fraction of sp³-hybridized carbons (Fsp3) is 0.350. The number of rotatable bonds is 5. The molecule has 0 saturated heterocycles. The third kappa shape index (κ3) is 4.22. The Bertz CT molecular complexity index is 750. The summed E-state index contributed by atoms with van der Waals surface area (Å²) in [5.41, 5.74) is 2.19. The number of benzene rings is 2. The molecule has 4 nitrogen and oxygen atoms in total. The molecule has 0 spiro atoms. The first-order valence-electron chi connectivity index (χ1n) is 8.59. The molecule has 0 fully saturated rings. The lowest BCUT2D eigenvalue weighted by Crippen LogP contribution is -2.45. The van der Waals surface area contributed by atoms with Crippen molar-refractivity contribution in [2.45, 2.75) is 38.4 Å². The fourth-order valence-electron chi connectivity index (χ4n) is 3.16. The van der Waals surface area contributed by atoms with Gasteiger partial charge in [-0.25, -0.2) is 0 Å². The second-order valence-corrected chi connectivity index (χ2v) is 7.22. The highest BCUT2D eigenvalue weighted by Crippen LogP contribution is 2.31. The molecule has 1 amide bonds. The molecule has 3 rings (SSSR count). The van der Waals surface area contributed by atoms with E-state index in [0.717, 1.165) is 27.8 Å². The highest BCUT2D eigenvalue weighted by molar-refractivity contribution is 9.10. The summed E-state index contributed by atoms with van der Waals surface area (Å²) in [5, 5.41) is 6.53. The van der Waals surface area contributed by atoms with Crippen molar-refractivity contribution in [2.75, 3.05) is 6.61 Å². The molecule has 2 aromatic rings. The topological polar surface area (TPSA) is 50.4 Å². The van der Waals surface area contributed by atoms with Crippen molar-refractivity contribution in [3.8, 4) is 5.75 Å². The largest absolute Gasteiger partial charge is 0.493 e. The quantitative estimate of drug-likeness (QED) is 0.790. The minimum atomic E-state index is -0.294. The molecule has 0 saturated carbocycles. The molecule has 0 aromatic heterocycles. The third-order valence-electron chi connectivity index (χ3n) is 4.54. The summed E-state index contributed by atoms with van der Waals surface area (Å²) in [6.45, 7) is 4.58. The number of hydrogen-bond acceptors (Lipinski definition) is 3.